The van der Waals surface area contributed by atoms with E-state index < -0.39 is 0 Å². The van der Waals surface area contributed by atoms with E-state index in [-0.39, 0.29) is 0 Å². The minimum absolute atomic E-state index is 1.04. The van der Waals surface area contributed by atoms with Gasteiger partial charge in [-0.15, -0.1) is 0 Å². The molecular weight excluding hydrogens is 338 g/mol. The number of aromatic nitrogens is 1. The Balaban J connectivity index is 1.85. The number of hydrogen-bond acceptors (Lipinski definition) is 3. The van der Waals surface area contributed by atoms with Crippen molar-refractivity contribution in [3.63, 3.8) is 0 Å². The molecule has 0 aliphatic carbocycles. The van der Waals surface area contributed by atoms with Crippen LogP contribution in [-0.4, -0.2) is 4.37 Å². The number of benzene rings is 2. The highest BCUT2D eigenvalue weighted by Gasteiger charge is 2.07. The van der Waals surface area contributed by atoms with Gasteiger partial charge in [-0.2, -0.15) is 4.37 Å². The number of rotatable bonds is 3. The minimum Gasteiger partial charge on any atom is -0.185 e. The lowest BCUT2D eigenvalue weighted by Gasteiger charge is -2.00. The van der Waals surface area contributed by atoms with Gasteiger partial charge in [-0.25, -0.2) is 0 Å². The fourth-order valence-electron chi connectivity index (χ4n) is 1.69. The molecule has 3 aromatic rings. The van der Waals surface area contributed by atoms with E-state index in [1.807, 2.05) is 24.3 Å². The Labute approximate surface area is 129 Å². The second-order valence-corrected chi connectivity index (χ2v) is 6.65. The number of halogens is 1. The summed E-state index contributed by atoms with van der Waals surface area (Å²) < 4.78 is 5.62. The third-order valence-electron chi connectivity index (χ3n) is 2.60. The molecule has 0 aliphatic heterocycles. The van der Waals surface area contributed by atoms with Gasteiger partial charge >= 0.3 is 0 Å². The first-order chi connectivity index (χ1) is 9.33. The molecule has 0 N–H and O–H groups in total. The Morgan fingerprint density at radius 3 is 2.47 bits per heavy atom. The molecule has 0 unspecified atom stereocenters. The van der Waals surface area contributed by atoms with Crippen molar-refractivity contribution in [3.05, 3.63) is 65.1 Å². The van der Waals surface area contributed by atoms with Crippen molar-refractivity contribution in [3.8, 4) is 10.4 Å². The van der Waals surface area contributed by atoms with Gasteiger partial charge in [-0.05, 0) is 51.2 Å². The highest BCUT2D eigenvalue weighted by molar-refractivity contribution is 9.10. The Kier molecular flexibility index (Phi) is 4.01. The summed E-state index contributed by atoms with van der Waals surface area (Å²) in [5.74, 6) is 0. The lowest BCUT2D eigenvalue weighted by Crippen LogP contribution is -1.74. The van der Waals surface area contributed by atoms with Crippen LogP contribution in [0.5, 0.6) is 0 Å². The van der Waals surface area contributed by atoms with Crippen LogP contribution in [0.2, 0.25) is 0 Å². The monoisotopic (exact) mass is 347 g/mol. The molecule has 0 saturated carbocycles. The number of nitrogens with zero attached hydrogens (tertiary/aromatic N) is 1. The zero-order chi connectivity index (χ0) is 13.1. The van der Waals surface area contributed by atoms with E-state index in [0.717, 1.165) is 9.50 Å². The predicted octanol–water partition coefficient (Wildman–Crippen LogP) is 5.72. The molecule has 0 amide bonds. The second kappa shape index (κ2) is 5.90. The van der Waals surface area contributed by atoms with E-state index in [1.165, 1.54) is 15.3 Å². The summed E-state index contributed by atoms with van der Waals surface area (Å²) in [4.78, 5) is 2.39. The summed E-state index contributed by atoms with van der Waals surface area (Å²) >= 11 is 6.78. The van der Waals surface area contributed by atoms with Crippen LogP contribution in [0.15, 0.2) is 75.1 Å². The molecule has 1 heterocycles. The SMILES string of the molecule is Brc1ccccc1Sc1cc(-c2ccccc2)sn1. The molecule has 94 valence electrons. The van der Waals surface area contributed by atoms with Gasteiger partial charge in [0.1, 0.15) is 5.03 Å². The molecule has 0 aliphatic rings. The Bertz CT molecular complexity index is 679. The molecule has 1 nitrogen and oxygen atoms in total. The van der Waals surface area contributed by atoms with Crippen molar-refractivity contribution in [1.82, 2.24) is 4.37 Å². The van der Waals surface area contributed by atoms with E-state index in [1.54, 1.807) is 23.3 Å². The maximum Gasteiger partial charge on any atom is 0.115 e. The molecule has 4 heteroatoms. The summed E-state index contributed by atoms with van der Waals surface area (Å²) in [5, 5.41) is 1.04. The molecule has 1 aromatic heterocycles. The highest BCUT2D eigenvalue weighted by Crippen LogP contribution is 2.36. The zero-order valence-electron chi connectivity index (χ0n) is 9.92. The van der Waals surface area contributed by atoms with E-state index >= 15 is 0 Å². The molecule has 2 aromatic carbocycles. The average Bonchev–Trinajstić information content (AvgIpc) is 2.91. The molecular formula is C15H10BrNS2. The maximum absolute atomic E-state index is 4.51. The van der Waals surface area contributed by atoms with Gasteiger partial charge in [0.05, 0.1) is 4.88 Å². The van der Waals surface area contributed by atoms with Crippen LogP contribution in [0.4, 0.5) is 0 Å². The fourth-order valence-corrected chi connectivity index (χ4v) is 3.91. The third kappa shape index (κ3) is 3.08. The van der Waals surface area contributed by atoms with Crippen molar-refractivity contribution in [2.24, 2.45) is 0 Å². The molecule has 0 bridgehead atoms. The summed E-state index contributed by atoms with van der Waals surface area (Å²) in [6, 6.07) is 20.7. The van der Waals surface area contributed by atoms with E-state index in [2.05, 4.69) is 56.7 Å². The van der Waals surface area contributed by atoms with E-state index in [4.69, 9.17) is 0 Å². The van der Waals surface area contributed by atoms with Gasteiger partial charge in [-0.3, -0.25) is 0 Å². The maximum atomic E-state index is 4.51. The molecule has 0 saturated heterocycles. The van der Waals surface area contributed by atoms with Gasteiger partial charge in [0.15, 0.2) is 0 Å². The fraction of sp³-hybridized carbons (Fsp3) is 0. The zero-order valence-corrected chi connectivity index (χ0v) is 13.1. The Morgan fingerprint density at radius 2 is 1.68 bits per heavy atom. The number of hydrogen-bond donors (Lipinski definition) is 0. The van der Waals surface area contributed by atoms with Crippen molar-refractivity contribution in [1.29, 1.82) is 0 Å². The van der Waals surface area contributed by atoms with Crippen LogP contribution in [0.25, 0.3) is 10.4 Å². The first kappa shape index (κ1) is 12.9. The molecule has 3 rings (SSSR count). The molecule has 0 radical (unpaired) electrons. The Hall–Kier alpha value is -1.10. The first-order valence-corrected chi connectivity index (χ1v) is 8.16. The topological polar surface area (TPSA) is 12.9 Å². The third-order valence-corrected chi connectivity index (χ3v) is 5.50. The smallest absolute Gasteiger partial charge is 0.115 e. The predicted molar refractivity (Wildman–Crippen MR) is 85.8 cm³/mol. The summed E-state index contributed by atoms with van der Waals surface area (Å²) in [7, 11) is 0. The lowest BCUT2D eigenvalue weighted by atomic mass is 10.2. The van der Waals surface area contributed by atoms with Crippen molar-refractivity contribution >= 4 is 39.2 Å². The van der Waals surface area contributed by atoms with Gasteiger partial charge in [0.25, 0.3) is 0 Å². The largest absolute Gasteiger partial charge is 0.185 e. The van der Waals surface area contributed by atoms with E-state index in [9.17, 15) is 0 Å². The second-order valence-electron chi connectivity index (χ2n) is 3.93. The van der Waals surface area contributed by atoms with Crippen LogP contribution in [0.1, 0.15) is 0 Å². The van der Waals surface area contributed by atoms with Gasteiger partial charge < -0.3 is 0 Å². The summed E-state index contributed by atoms with van der Waals surface area (Å²) in [5.41, 5.74) is 1.22. The summed E-state index contributed by atoms with van der Waals surface area (Å²) in [6.07, 6.45) is 0. The van der Waals surface area contributed by atoms with Crippen molar-refractivity contribution in [2.45, 2.75) is 9.92 Å². The standard InChI is InChI=1S/C15H10BrNS2/c16-12-8-4-5-9-13(12)18-15-10-14(19-17-15)11-6-2-1-3-7-11/h1-10H. The van der Waals surface area contributed by atoms with Crippen molar-refractivity contribution < 1.29 is 0 Å². The quantitative estimate of drug-likeness (QED) is 0.600. The molecule has 0 fully saturated rings. The normalized spacial score (nSPS) is 10.6. The molecule has 0 spiro atoms. The average molecular weight is 348 g/mol. The summed E-state index contributed by atoms with van der Waals surface area (Å²) in [6.45, 7) is 0. The van der Waals surface area contributed by atoms with Crippen LogP contribution in [-0.2, 0) is 0 Å². The lowest BCUT2D eigenvalue weighted by molar-refractivity contribution is 1.27. The Morgan fingerprint density at radius 1 is 0.947 bits per heavy atom. The molecule has 0 atom stereocenters. The minimum atomic E-state index is 1.04. The van der Waals surface area contributed by atoms with Crippen LogP contribution < -0.4 is 0 Å². The van der Waals surface area contributed by atoms with Gasteiger partial charge in [0.2, 0.25) is 0 Å². The van der Waals surface area contributed by atoms with E-state index in [0.29, 0.717) is 0 Å². The van der Waals surface area contributed by atoms with Gasteiger partial charge in [0, 0.05) is 9.37 Å². The van der Waals surface area contributed by atoms with Crippen LogP contribution in [0.3, 0.4) is 0 Å². The van der Waals surface area contributed by atoms with Gasteiger partial charge in [-0.1, -0.05) is 54.2 Å². The molecule has 19 heavy (non-hydrogen) atoms. The van der Waals surface area contributed by atoms with Crippen molar-refractivity contribution in [2.75, 3.05) is 0 Å². The first-order valence-electron chi connectivity index (χ1n) is 5.77. The van der Waals surface area contributed by atoms with Crippen LogP contribution >= 0.6 is 39.2 Å². The highest BCUT2D eigenvalue weighted by atomic mass is 79.9. The van der Waals surface area contributed by atoms with Crippen LogP contribution in [0, 0.1) is 0 Å².